The van der Waals surface area contributed by atoms with Gasteiger partial charge in [0.15, 0.2) is 17.2 Å². The first-order valence-corrected chi connectivity index (χ1v) is 11.4. The Hall–Kier alpha value is -3.85. The van der Waals surface area contributed by atoms with Gasteiger partial charge in [-0.3, -0.25) is 9.59 Å². The zero-order chi connectivity index (χ0) is 26.2. The zero-order valence-electron chi connectivity index (χ0n) is 20.0. The third kappa shape index (κ3) is 6.85. The number of carbonyl (C=O) groups excluding carboxylic acids is 2. The van der Waals surface area contributed by atoms with E-state index in [1.165, 1.54) is 38.6 Å². The van der Waals surface area contributed by atoms with Crippen molar-refractivity contribution in [3.63, 3.8) is 0 Å². The van der Waals surface area contributed by atoms with Gasteiger partial charge >= 0.3 is 5.97 Å². The van der Waals surface area contributed by atoms with Gasteiger partial charge < -0.3 is 24.6 Å². The van der Waals surface area contributed by atoms with Gasteiger partial charge in [0.1, 0.15) is 24.2 Å². The highest BCUT2D eigenvalue weighted by atomic mass is 35.5. The zero-order valence-corrected chi connectivity index (χ0v) is 20.8. The highest BCUT2D eigenvalue weighted by Crippen LogP contribution is 2.28. The van der Waals surface area contributed by atoms with Crippen LogP contribution in [0.2, 0.25) is 5.02 Å². The molecule has 0 saturated carbocycles. The van der Waals surface area contributed by atoms with Crippen LogP contribution in [0.3, 0.4) is 0 Å². The van der Waals surface area contributed by atoms with E-state index in [1.807, 2.05) is 25.1 Å². The average molecular weight is 517 g/mol. The molecule has 1 atom stereocenters. The minimum absolute atomic E-state index is 0.0704. The molecule has 8 nitrogen and oxygen atoms in total. The number of aryl methyl sites for hydroxylation is 1. The SMILES string of the molecule is COc1cc(F)ccc1CC(Cc1ccc(C)cc1Cl)OC(=O)CNC(=O)c1nccc(OC)c1O. The maximum absolute atomic E-state index is 13.7. The molecule has 0 bridgehead atoms. The van der Waals surface area contributed by atoms with E-state index in [-0.39, 0.29) is 24.3 Å². The van der Waals surface area contributed by atoms with E-state index in [4.69, 9.17) is 25.8 Å². The Morgan fingerprint density at radius 1 is 1.06 bits per heavy atom. The molecule has 0 fully saturated rings. The minimum Gasteiger partial charge on any atom is -0.503 e. The van der Waals surface area contributed by atoms with Crippen LogP contribution in [0.25, 0.3) is 0 Å². The lowest BCUT2D eigenvalue weighted by atomic mass is 9.99. The largest absolute Gasteiger partial charge is 0.503 e. The van der Waals surface area contributed by atoms with Gasteiger partial charge in [-0.05, 0) is 35.7 Å². The summed E-state index contributed by atoms with van der Waals surface area (Å²) in [6.07, 6.45) is 1.09. The Labute approximate surface area is 213 Å². The Kier molecular flexibility index (Phi) is 9.08. The number of hydrogen-bond donors (Lipinski definition) is 2. The Balaban J connectivity index is 1.74. The number of nitrogens with one attached hydrogen (secondary N) is 1. The monoisotopic (exact) mass is 516 g/mol. The summed E-state index contributed by atoms with van der Waals surface area (Å²) in [4.78, 5) is 28.9. The summed E-state index contributed by atoms with van der Waals surface area (Å²) in [6.45, 7) is 1.43. The highest BCUT2D eigenvalue weighted by Gasteiger charge is 2.22. The number of esters is 1. The Bertz CT molecular complexity index is 1250. The molecule has 10 heteroatoms. The molecule has 0 aliphatic rings. The van der Waals surface area contributed by atoms with E-state index in [1.54, 1.807) is 6.07 Å². The molecule has 2 N–H and O–H groups in total. The lowest BCUT2D eigenvalue weighted by Gasteiger charge is -2.20. The van der Waals surface area contributed by atoms with Crippen molar-refractivity contribution >= 4 is 23.5 Å². The number of amides is 1. The summed E-state index contributed by atoms with van der Waals surface area (Å²) in [5.41, 5.74) is 2.08. The predicted octanol–water partition coefficient (Wildman–Crippen LogP) is 4.03. The summed E-state index contributed by atoms with van der Waals surface area (Å²) >= 11 is 6.39. The fourth-order valence-corrected chi connectivity index (χ4v) is 3.89. The van der Waals surface area contributed by atoms with Crippen molar-refractivity contribution in [1.82, 2.24) is 10.3 Å². The van der Waals surface area contributed by atoms with Gasteiger partial charge in [0.25, 0.3) is 5.91 Å². The third-order valence-corrected chi connectivity index (χ3v) is 5.72. The van der Waals surface area contributed by atoms with E-state index in [0.29, 0.717) is 16.3 Å². The molecule has 1 aromatic heterocycles. The van der Waals surface area contributed by atoms with E-state index in [0.717, 1.165) is 11.1 Å². The van der Waals surface area contributed by atoms with Gasteiger partial charge in [0.2, 0.25) is 0 Å². The second kappa shape index (κ2) is 12.2. The Morgan fingerprint density at radius 3 is 2.44 bits per heavy atom. The van der Waals surface area contributed by atoms with Gasteiger partial charge in [-0.25, -0.2) is 9.37 Å². The first kappa shape index (κ1) is 26.7. The lowest BCUT2D eigenvalue weighted by Crippen LogP contribution is -2.34. The van der Waals surface area contributed by atoms with Crippen LogP contribution >= 0.6 is 11.6 Å². The number of pyridine rings is 1. The van der Waals surface area contributed by atoms with E-state index >= 15 is 0 Å². The number of methoxy groups -OCH3 is 2. The first-order valence-electron chi connectivity index (χ1n) is 11.0. The standard InChI is InChI=1S/C26H26ClFN2O6/c1-15-4-5-16(20(27)10-15)11-19(12-17-6-7-18(28)13-22(17)35-3)36-23(31)14-30-26(33)24-25(32)21(34-2)8-9-29-24/h4-10,13,19,32H,11-12,14H2,1-3H3,(H,30,33). The van der Waals surface area contributed by atoms with Crippen molar-refractivity contribution in [2.45, 2.75) is 25.9 Å². The molecule has 2 aromatic carbocycles. The van der Waals surface area contributed by atoms with Crippen molar-refractivity contribution in [2.24, 2.45) is 0 Å². The predicted molar refractivity (Wildman–Crippen MR) is 131 cm³/mol. The lowest BCUT2D eigenvalue weighted by molar-refractivity contribution is -0.147. The smallest absolute Gasteiger partial charge is 0.325 e. The van der Waals surface area contributed by atoms with Gasteiger partial charge in [0, 0.05) is 36.2 Å². The van der Waals surface area contributed by atoms with Crippen LogP contribution < -0.4 is 14.8 Å². The van der Waals surface area contributed by atoms with Gasteiger partial charge in [0.05, 0.1) is 14.2 Å². The van der Waals surface area contributed by atoms with Crippen molar-refractivity contribution in [2.75, 3.05) is 20.8 Å². The molecule has 1 unspecified atom stereocenters. The minimum atomic E-state index is -0.776. The molecule has 3 rings (SSSR count). The average Bonchev–Trinajstić information content (AvgIpc) is 2.85. The van der Waals surface area contributed by atoms with Gasteiger partial charge in [-0.1, -0.05) is 29.8 Å². The fraction of sp³-hybridized carbons (Fsp3) is 0.269. The normalized spacial score (nSPS) is 11.5. The molecular weight excluding hydrogens is 491 g/mol. The van der Waals surface area contributed by atoms with Crippen molar-refractivity contribution in [1.29, 1.82) is 0 Å². The van der Waals surface area contributed by atoms with Crippen LogP contribution in [-0.2, 0) is 22.4 Å². The first-order chi connectivity index (χ1) is 17.2. The maximum Gasteiger partial charge on any atom is 0.325 e. The molecule has 190 valence electrons. The number of ether oxygens (including phenoxy) is 3. The van der Waals surface area contributed by atoms with Crippen molar-refractivity contribution in [3.8, 4) is 17.2 Å². The van der Waals surface area contributed by atoms with E-state index < -0.39 is 36.1 Å². The number of aromatic nitrogens is 1. The van der Waals surface area contributed by atoms with Crippen molar-refractivity contribution in [3.05, 3.63) is 81.9 Å². The Morgan fingerprint density at radius 2 is 1.75 bits per heavy atom. The second-order valence-electron chi connectivity index (χ2n) is 7.96. The van der Waals surface area contributed by atoms with E-state index in [2.05, 4.69) is 10.3 Å². The maximum atomic E-state index is 13.7. The topological polar surface area (TPSA) is 107 Å². The molecule has 0 spiro atoms. The number of rotatable bonds is 10. The van der Waals surface area contributed by atoms with Gasteiger partial charge in [-0.15, -0.1) is 0 Å². The van der Waals surface area contributed by atoms with Crippen LogP contribution in [0.4, 0.5) is 4.39 Å². The molecule has 0 aliphatic heterocycles. The molecule has 0 saturated heterocycles. The summed E-state index contributed by atoms with van der Waals surface area (Å²) in [5.74, 6) is -2.01. The summed E-state index contributed by atoms with van der Waals surface area (Å²) in [5, 5.41) is 13.0. The van der Waals surface area contributed by atoms with Crippen LogP contribution in [0.1, 0.15) is 27.2 Å². The number of hydrogen-bond acceptors (Lipinski definition) is 7. The molecule has 1 amide bonds. The second-order valence-corrected chi connectivity index (χ2v) is 8.37. The van der Waals surface area contributed by atoms with Crippen LogP contribution in [0.5, 0.6) is 17.2 Å². The van der Waals surface area contributed by atoms with Crippen LogP contribution in [0, 0.1) is 12.7 Å². The number of benzene rings is 2. The summed E-state index contributed by atoms with van der Waals surface area (Å²) < 4.78 is 29.6. The van der Waals surface area contributed by atoms with Crippen LogP contribution in [-0.4, -0.2) is 48.8 Å². The molecule has 1 heterocycles. The molecule has 0 aliphatic carbocycles. The highest BCUT2D eigenvalue weighted by molar-refractivity contribution is 6.31. The number of carbonyl (C=O) groups is 2. The number of nitrogens with zero attached hydrogens (tertiary/aromatic N) is 1. The molecular formula is C26H26ClFN2O6. The third-order valence-electron chi connectivity index (χ3n) is 5.37. The number of halogens is 2. The van der Waals surface area contributed by atoms with Crippen LogP contribution in [0.15, 0.2) is 48.7 Å². The van der Waals surface area contributed by atoms with Crippen molar-refractivity contribution < 1.29 is 33.3 Å². The van der Waals surface area contributed by atoms with E-state index in [9.17, 15) is 19.1 Å². The summed E-state index contributed by atoms with van der Waals surface area (Å²) in [7, 11) is 2.76. The molecule has 3 aromatic rings. The quantitative estimate of drug-likeness (QED) is 0.392. The number of aromatic hydroxyl groups is 1. The summed E-state index contributed by atoms with van der Waals surface area (Å²) in [6, 6.07) is 11.0. The molecule has 36 heavy (non-hydrogen) atoms. The van der Waals surface area contributed by atoms with Gasteiger partial charge in [-0.2, -0.15) is 0 Å². The molecule has 0 radical (unpaired) electrons. The fourth-order valence-electron chi connectivity index (χ4n) is 3.58.